The average Bonchev–Trinajstić information content (AvgIpc) is 3.32. The van der Waals surface area contributed by atoms with Crippen molar-refractivity contribution >= 4 is 5.91 Å². The Hall–Kier alpha value is -1.46. The number of hydrogen-bond acceptors (Lipinski definition) is 4. The highest BCUT2D eigenvalue weighted by Gasteiger charge is 2.42. The van der Waals surface area contributed by atoms with E-state index in [1.54, 1.807) is 6.20 Å². The normalized spacial score (nSPS) is 31.5. The molecular weight excluding hydrogens is 300 g/mol. The molecule has 2 N–H and O–H groups in total. The Labute approximate surface area is 144 Å². The standard InChI is InChI=1S/C19H28N4O/c24-19(16-13-21-22-18(16)14-6-2-1-3-7-14)23-11-5-9-17(23)15-8-4-10-20-12-15/h4,8,10,12,14,16-18,21-22H,1-3,5-7,9,11,13H2. The lowest BCUT2D eigenvalue weighted by Gasteiger charge is -2.33. The summed E-state index contributed by atoms with van der Waals surface area (Å²) in [5.74, 6) is 1.04. The molecule has 3 unspecified atom stereocenters. The largest absolute Gasteiger partial charge is 0.335 e. The predicted molar refractivity (Wildman–Crippen MR) is 92.9 cm³/mol. The molecule has 1 aromatic rings. The first kappa shape index (κ1) is 16.0. The molecule has 1 aliphatic carbocycles. The molecule has 3 fully saturated rings. The highest BCUT2D eigenvalue weighted by molar-refractivity contribution is 5.81. The molecule has 3 aliphatic rings. The van der Waals surface area contributed by atoms with Gasteiger partial charge in [0, 0.05) is 31.5 Å². The molecule has 1 amide bonds. The highest BCUT2D eigenvalue weighted by atomic mass is 16.2. The van der Waals surface area contributed by atoms with Crippen molar-refractivity contribution in [3.05, 3.63) is 30.1 Å². The van der Waals surface area contributed by atoms with Gasteiger partial charge in [-0.3, -0.25) is 20.6 Å². The summed E-state index contributed by atoms with van der Waals surface area (Å²) in [5.41, 5.74) is 7.87. The van der Waals surface area contributed by atoms with E-state index in [-0.39, 0.29) is 12.0 Å². The number of nitrogens with zero attached hydrogens (tertiary/aromatic N) is 2. The van der Waals surface area contributed by atoms with Crippen molar-refractivity contribution in [3.63, 3.8) is 0 Å². The summed E-state index contributed by atoms with van der Waals surface area (Å²) in [4.78, 5) is 19.7. The van der Waals surface area contributed by atoms with E-state index in [4.69, 9.17) is 0 Å². The first-order valence-electron chi connectivity index (χ1n) is 9.53. The number of rotatable bonds is 3. The van der Waals surface area contributed by atoms with Crippen LogP contribution < -0.4 is 10.9 Å². The third-order valence-corrected chi connectivity index (χ3v) is 6.10. The molecule has 2 saturated heterocycles. The van der Waals surface area contributed by atoms with Crippen molar-refractivity contribution < 1.29 is 4.79 Å². The number of carbonyl (C=O) groups excluding carboxylic acids is 1. The zero-order chi connectivity index (χ0) is 16.4. The van der Waals surface area contributed by atoms with Crippen LogP contribution in [-0.4, -0.2) is 34.9 Å². The molecule has 2 aliphatic heterocycles. The van der Waals surface area contributed by atoms with Crippen LogP contribution in [0.3, 0.4) is 0 Å². The van der Waals surface area contributed by atoms with E-state index in [0.717, 1.165) is 25.9 Å². The van der Waals surface area contributed by atoms with Gasteiger partial charge in [0.25, 0.3) is 0 Å². The zero-order valence-corrected chi connectivity index (χ0v) is 14.3. The molecule has 0 aromatic carbocycles. The van der Waals surface area contributed by atoms with E-state index in [2.05, 4.69) is 26.8 Å². The smallest absolute Gasteiger partial charge is 0.229 e. The average molecular weight is 328 g/mol. The molecular formula is C19H28N4O. The number of nitrogens with one attached hydrogen (secondary N) is 2. The Morgan fingerprint density at radius 3 is 2.83 bits per heavy atom. The van der Waals surface area contributed by atoms with Crippen LogP contribution in [0, 0.1) is 11.8 Å². The fraction of sp³-hybridized carbons (Fsp3) is 0.684. The van der Waals surface area contributed by atoms with Gasteiger partial charge in [0.15, 0.2) is 0 Å². The lowest BCUT2D eigenvalue weighted by molar-refractivity contribution is -0.137. The minimum atomic E-state index is 0.0744. The SMILES string of the molecule is O=C(C1CNNC1C1CCCCC1)N1CCCC1c1cccnc1. The van der Waals surface area contributed by atoms with Crippen molar-refractivity contribution in [1.29, 1.82) is 0 Å². The topological polar surface area (TPSA) is 57.3 Å². The monoisotopic (exact) mass is 328 g/mol. The molecule has 0 radical (unpaired) electrons. The summed E-state index contributed by atoms with van der Waals surface area (Å²) in [7, 11) is 0. The Balaban J connectivity index is 1.49. The summed E-state index contributed by atoms with van der Waals surface area (Å²) < 4.78 is 0. The Morgan fingerprint density at radius 2 is 2.04 bits per heavy atom. The van der Waals surface area contributed by atoms with E-state index >= 15 is 0 Å². The molecule has 3 heterocycles. The number of carbonyl (C=O) groups is 1. The molecule has 4 rings (SSSR count). The summed E-state index contributed by atoms with van der Waals surface area (Å²) in [6.45, 7) is 1.64. The Kier molecular flexibility index (Phi) is 4.81. The summed E-state index contributed by atoms with van der Waals surface area (Å²) in [5, 5.41) is 0. The van der Waals surface area contributed by atoms with Crippen molar-refractivity contribution in [2.24, 2.45) is 11.8 Å². The molecule has 5 nitrogen and oxygen atoms in total. The molecule has 24 heavy (non-hydrogen) atoms. The zero-order valence-electron chi connectivity index (χ0n) is 14.3. The van der Waals surface area contributed by atoms with Crippen LogP contribution >= 0.6 is 0 Å². The molecule has 130 valence electrons. The van der Waals surface area contributed by atoms with Crippen LogP contribution in [0.2, 0.25) is 0 Å². The highest BCUT2D eigenvalue weighted by Crippen LogP contribution is 2.36. The van der Waals surface area contributed by atoms with Gasteiger partial charge in [-0.2, -0.15) is 0 Å². The second-order valence-corrected chi connectivity index (χ2v) is 7.53. The quantitative estimate of drug-likeness (QED) is 0.895. The van der Waals surface area contributed by atoms with E-state index < -0.39 is 0 Å². The Morgan fingerprint density at radius 1 is 1.17 bits per heavy atom. The van der Waals surface area contributed by atoms with Crippen molar-refractivity contribution in [2.45, 2.75) is 57.0 Å². The maximum absolute atomic E-state index is 13.3. The van der Waals surface area contributed by atoms with Gasteiger partial charge in [0.05, 0.1) is 12.0 Å². The van der Waals surface area contributed by atoms with Crippen LogP contribution in [0.5, 0.6) is 0 Å². The number of hydrazine groups is 1. The minimum Gasteiger partial charge on any atom is -0.335 e. The van der Waals surface area contributed by atoms with Crippen LogP contribution in [0.4, 0.5) is 0 Å². The predicted octanol–water partition coefficient (Wildman–Crippen LogP) is 2.42. The number of hydrogen-bond donors (Lipinski definition) is 2. The van der Waals surface area contributed by atoms with Crippen LogP contribution in [-0.2, 0) is 4.79 Å². The second-order valence-electron chi connectivity index (χ2n) is 7.53. The fourth-order valence-corrected chi connectivity index (χ4v) is 4.86. The second kappa shape index (κ2) is 7.19. The minimum absolute atomic E-state index is 0.0744. The molecule has 1 aromatic heterocycles. The lowest BCUT2D eigenvalue weighted by atomic mass is 9.79. The van der Waals surface area contributed by atoms with Gasteiger partial charge < -0.3 is 4.90 Å². The summed E-state index contributed by atoms with van der Waals surface area (Å²) >= 11 is 0. The third kappa shape index (κ3) is 3.07. The van der Waals surface area contributed by atoms with Crippen molar-refractivity contribution in [3.8, 4) is 0 Å². The van der Waals surface area contributed by atoms with Gasteiger partial charge >= 0.3 is 0 Å². The third-order valence-electron chi connectivity index (χ3n) is 6.10. The fourth-order valence-electron chi connectivity index (χ4n) is 4.86. The first-order chi connectivity index (χ1) is 11.8. The van der Waals surface area contributed by atoms with Gasteiger partial charge in [0.1, 0.15) is 0 Å². The van der Waals surface area contributed by atoms with Crippen LogP contribution in [0.1, 0.15) is 56.6 Å². The molecule has 3 atom stereocenters. The number of likely N-dealkylation sites (tertiary alicyclic amines) is 1. The molecule has 0 bridgehead atoms. The van der Waals surface area contributed by atoms with Gasteiger partial charge in [-0.1, -0.05) is 25.3 Å². The number of aromatic nitrogens is 1. The van der Waals surface area contributed by atoms with Crippen LogP contribution in [0.25, 0.3) is 0 Å². The summed E-state index contributed by atoms with van der Waals surface area (Å²) in [6, 6.07) is 4.58. The van der Waals surface area contributed by atoms with Crippen molar-refractivity contribution in [2.75, 3.05) is 13.1 Å². The molecule has 1 saturated carbocycles. The van der Waals surface area contributed by atoms with E-state index in [0.29, 0.717) is 17.9 Å². The lowest BCUT2D eigenvalue weighted by Crippen LogP contribution is -2.45. The molecule has 5 heteroatoms. The Bertz CT molecular complexity index is 558. The number of pyridine rings is 1. The van der Waals surface area contributed by atoms with E-state index in [1.165, 1.54) is 37.7 Å². The van der Waals surface area contributed by atoms with E-state index in [9.17, 15) is 4.79 Å². The van der Waals surface area contributed by atoms with Crippen LogP contribution in [0.15, 0.2) is 24.5 Å². The van der Waals surface area contributed by atoms with E-state index in [1.807, 2.05) is 12.3 Å². The molecule has 0 spiro atoms. The maximum Gasteiger partial charge on any atom is 0.229 e. The number of amides is 1. The first-order valence-corrected chi connectivity index (χ1v) is 9.53. The van der Waals surface area contributed by atoms with Gasteiger partial charge in [0.2, 0.25) is 5.91 Å². The van der Waals surface area contributed by atoms with Gasteiger partial charge in [-0.15, -0.1) is 0 Å². The summed E-state index contributed by atoms with van der Waals surface area (Å²) in [6.07, 6.45) is 12.4. The van der Waals surface area contributed by atoms with Gasteiger partial charge in [-0.05, 0) is 43.2 Å². The maximum atomic E-state index is 13.3. The van der Waals surface area contributed by atoms with Gasteiger partial charge in [-0.25, -0.2) is 0 Å². The van der Waals surface area contributed by atoms with Crippen molar-refractivity contribution in [1.82, 2.24) is 20.7 Å².